The maximum atomic E-state index is 12.2. The van der Waals surface area contributed by atoms with Gasteiger partial charge in [0, 0.05) is 17.6 Å². The van der Waals surface area contributed by atoms with E-state index < -0.39 is 5.97 Å². The van der Waals surface area contributed by atoms with Gasteiger partial charge in [-0.25, -0.2) is 4.79 Å². The number of amides is 1. The highest BCUT2D eigenvalue weighted by Crippen LogP contribution is 2.30. The lowest BCUT2D eigenvalue weighted by Gasteiger charge is -2.15. The van der Waals surface area contributed by atoms with Crippen LogP contribution in [-0.4, -0.2) is 33.1 Å². The Balaban J connectivity index is 1.99. The second-order valence-corrected chi connectivity index (χ2v) is 4.76. The van der Waals surface area contributed by atoms with Crippen LogP contribution in [0.4, 0.5) is 5.69 Å². The van der Waals surface area contributed by atoms with Crippen LogP contribution in [0.5, 0.6) is 0 Å². The number of aromatic carboxylic acids is 1. The highest BCUT2D eigenvalue weighted by atomic mass is 32.1. The molecule has 1 aliphatic heterocycles. The predicted octanol–water partition coefficient (Wildman–Crippen LogP) is 1.44. The van der Waals surface area contributed by atoms with Crippen molar-refractivity contribution in [3.8, 4) is 0 Å². The summed E-state index contributed by atoms with van der Waals surface area (Å²) in [7, 11) is 0. The van der Waals surface area contributed by atoms with Gasteiger partial charge in [-0.15, -0.1) is 5.10 Å². The normalized spacial score (nSPS) is 13.4. The van der Waals surface area contributed by atoms with E-state index in [4.69, 9.17) is 5.11 Å². The van der Waals surface area contributed by atoms with Crippen molar-refractivity contribution >= 4 is 29.1 Å². The highest BCUT2D eigenvalue weighted by Gasteiger charge is 2.27. The first kappa shape index (κ1) is 11.8. The molecule has 0 fully saturated rings. The second-order valence-electron chi connectivity index (χ2n) is 4.15. The lowest BCUT2D eigenvalue weighted by atomic mass is 10.1. The third-order valence-corrected chi connectivity index (χ3v) is 3.56. The zero-order valence-corrected chi connectivity index (χ0v) is 10.6. The summed E-state index contributed by atoms with van der Waals surface area (Å²) < 4.78 is 3.67. The Bertz CT molecular complexity index is 654. The van der Waals surface area contributed by atoms with Crippen molar-refractivity contribution in [1.82, 2.24) is 9.59 Å². The van der Waals surface area contributed by atoms with Gasteiger partial charge in [-0.05, 0) is 35.6 Å². The molecule has 0 spiro atoms. The van der Waals surface area contributed by atoms with E-state index in [1.54, 1.807) is 22.4 Å². The van der Waals surface area contributed by atoms with Crippen molar-refractivity contribution < 1.29 is 14.7 Å². The molecular formula is C12H9N3O3S. The monoisotopic (exact) mass is 275 g/mol. The van der Waals surface area contributed by atoms with Gasteiger partial charge in [0.15, 0.2) is 5.69 Å². The molecule has 96 valence electrons. The fourth-order valence-corrected chi connectivity index (χ4v) is 2.55. The van der Waals surface area contributed by atoms with Crippen molar-refractivity contribution in [3.63, 3.8) is 0 Å². The van der Waals surface area contributed by atoms with Gasteiger partial charge in [-0.2, -0.15) is 0 Å². The number of fused-ring (bicyclic) bond motifs is 1. The van der Waals surface area contributed by atoms with Crippen LogP contribution in [-0.2, 0) is 6.42 Å². The van der Waals surface area contributed by atoms with Crippen LogP contribution in [0.15, 0.2) is 23.6 Å². The van der Waals surface area contributed by atoms with Gasteiger partial charge in [0.05, 0.1) is 5.56 Å². The van der Waals surface area contributed by atoms with Gasteiger partial charge in [-0.1, -0.05) is 10.6 Å². The molecule has 6 nitrogen and oxygen atoms in total. The van der Waals surface area contributed by atoms with Gasteiger partial charge in [0.1, 0.15) is 0 Å². The summed E-state index contributed by atoms with van der Waals surface area (Å²) >= 11 is 1.11. The number of aromatic nitrogens is 2. The minimum Gasteiger partial charge on any atom is -0.478 e. The lowest BCUT2D eigenvalue weighted by Crippen LogP contribution is -2.29. The van der Waals surface area contributed by atoms with E-state index in [0.717, 1.165) is 23.5 Å². The van der Waals surface area contributed by atoms with Crippen molar-refractivity contribution in [2.24, 2.45) is 0 Å². The molecular weight excluding hydrogens is 266 g/mol. The first-order valence-corrected chi connectivity index (χ1v) is 6.45. The number of carboxylic acid groups (broad SMARTS) is 1. The third kappa shape index (κ3) is 1.97. The van der Waals surface area contributed by atoms with Crippen molar-refractivity contribution in [1.29, 1.82) is 0 Å². The molecule has 1 aliphatic rings. The van der Waals surface area contributed by atoms with E-state index in [1.165, 1.54) is 6.07 Å². The molecule has 19 heavy (non-hydrogen) atoms. The zero-order chi connectivity index (χ0) is 13.4. The molecule has 0 bridgehead atoms. The molecule has 1 amide bonds. The number of nitrogens with zero attached hydrogens (tertiary/aromatic N) is 3. The van der Waals surface area contributed by atoms with Gasteiger partial charge in [-0.3, -0.25) is 4.79 Å². The van der Waals surface area contributed by atoms with Crippen LogP contribution < -0.4 is 4.90 Å². The van der Waals surface area contributed by atoms with E-state index in [-0.39, 0.29) is 11.5 Å². The van der Waals surface area contributed by atoms with Gasteiger partial charge < -0.3 is 10.0 Å². The van der Waals surface area contributed by atoms with Crippen molar-refractivity contribution in [2.75, 3.05) is 11.4 Å². The molecule has 1 aromatic heterocycles. The Hall–Kier alpha value is -2.28. The standard InChI is InChI=1S/C12H9N3O3S/c16-11(9-6-19-14-13-9)15-4-3-7-1-2-8(12(17)18)5-10(7)15/h1-2,5-6H,3-4H2,(H,17,18). The Kier molecular flexibility index (Phi) is 2.75. The summed E-state index contributed by atoms with van der Waals surface area (Å²) in [4.78, 5) is 24.8. The van der Waals surface area contributed by atoms with E-state index in [9.17, 15) is 9.59 Å². The second kappa shape index (κ2) is 4.43. The molecule has 0 aliphatic carbocycles. The molecule has 1 aromatic carbocycles. The summed E-state index contributed by atoms with van der Waals surface area (Å²) in [6, 6.07) is 4.84. The van der Waals surface area contributed by atoms with E-state index in [1.807, 2.05) is 0 Å². The summed E-state index contributed by atoms with van der Waals surface area (Å²) in [5.41, 5.74) is 2.09. The first-order valence-electron chi connectivity index (χ1n) is 5.62. The van der Waals surface area contributed by atoms with Gasteiger partial charge in [0.25, 0.3) is 5.91 Å². The fourth-order valence-electron chi connectivity index (χ4n) is 2.12. The maximum absolute atomic E-state index is 12.2. The minimum absolute atomic E-state index is 0.176. The fraction of sp³-hybridized carbons (Fsp3) is 0.167. The third-order valence-electron chi connectivity index (χ3n) is 3.05. The van der Waals surface area contributed by atoms with Gasteiger partial charge in [0.2, 0.25) is 0 Å². The molecule has 0 saturated carbocycles. The number of rotatable bonds is 2. The summed E-state index contributed by atoms with van der Waals surface area (Å²) in [5.74, 6) is -1.24. The quantitative estimate of drug-likeness (QED) is 0.896. The van der Waals surface area contributed by atoms with E-state index >= 15 is 0 Å². The number of carbonyl (C=O) groups excluding carboxylic acids is 1. The molecule has 3 rings (SSSR count). The topological polar surface area (TPSA) is 83.4 Å². The van der Waals surface area contributed by atoms with Crippen molar-refractivity contribution in [3.05, 3.63) is 40.4 Å². The zero-order valence-electron chi connectivity index (χ0n) is 9.74. The van der Waals surface area contributed by atoms with Crippen LogP contribution in [0.1, 0.15) is 26.4 Å². The molecule has 1 N–H and O–H groups in total. The lowest BCUT2D eigenvalue weighted by molar-refractivity contribution is 0.0696. The van der Waals surface area contributed by atoms with Gasteiger partial charge >= 0.3 is 5.97 Å². The van der Waals surface area contributed by atoms with Crippen LogP contribution in [0.2, 0.25) is 0 Å². The van der Waals surface area contributed by atoms with Crippen LogP contribution >= 0.6 is 11.5 Å². The minimum atomic E-state index is -1.00. The molecule has 2 heterocycles. The van der Waals surface area contributed by atoms with Crippen LogP contribution in [0.3, 0.4) is 0 Å². The van der Waals surface area contributed by atoms with Crippen LogP contribution in [0.25, 0.3) is 0 Å². The summed E-state index contributed by atoms with van der Waals surface area (Å²) in [5, 5.41) is 14.3. The number of hydrogen-bond donors (Lipinski definition) is 1. The van der Waals surface area contributed by atoms with E-state index in [2.05, 4.69) is 9.59 Å². The Morgan fingerprint density at radius 1 is 1.37 bits per heavy atom. The number of carbonyl (C=O) groups is 2. The Morgan fingerprint density at radius 2 is 2.21 bits per heavy atom. The molecule has 0 atom stereocenters. The summed E-state index contributed by atoms with van der Waals surface area (Å²) in [6.07, 6.45) is 0.721. The first-order chi connectivity index (χ1) is 9.16. The highest BCUT2D eigenvalue weighted by molar-refractivity contribution is 7.03. The predicted molar refractivity (Wildman–Crippen MR) is 68.7 cm³/mol. The van der Waals surface area contributed by atoms with Crippen LogP contribution in [0, 0.1) is 0 Å². The molecule has 0 unspecified atom stereocenters. The Morgan fingerprint density at radius 3 is 2.89 bits per heavy atom. The number of hydrogen-bond acceptors (Lipinski definition) is 5. The Labute approximate surface area is 112 Å². The average molecular weight is 275 g/mol. The largest absolute Gasteiger partial charge is 0.478 e. The van der Waals surface area contributed by atoms with Crippen molar-refractivity contribution in [2.45, 2.75) is 6.42 Å². The number of carboxylic acids is 1. The number of anilines is 1. The smallest absolute Gasteiger partial charge is 0.335 e. The molecule has 0 saturated heterocycles. The van der Waals surface area contributed by atoms with E-state index in [0.29, 0.717) is 17.9 Å². The number of benzene rings is 1. The average Bonchev–Trinajstić information content (AvgIpc) is 3.06. The molecule has 2 aromatic rings. The summed E-state index contributed by atoms with van der Waals surface area (Å²) in [6.45, 7) is 0.536. The molecule has 7 heteroatoms. The maximum Gasteiger partial charge on any atom is 0.335 e. The SMILES string of the molecule is O=C(O)c1ccc2c(c1)N(C(=O)c1csnn1)CC2. The molecule has 0 radical (unpaired) electrons.